The van der Waals surface area contributed by atoms with E-state index >= 15 is 0 Å². The zero-order valence-corrected chi connectivity index (χ0v) is 13.9. The molecule has 0 unspecified atom stereocenters. The fourth-order valence-electron chi connectivity index (χ4n) is 2.58. The van der Waals surface area contributed by atoms with Gasteiger partial charge in [-0.25, -0.2) is 8.42 Å². The SMILES string of the molecule is COc1ccc(S(=O)(=O)N[C@@H](C)C(=O)N2CCCC2)cc1C. The molecule has 22 heavy (non-hydrogen) atoms. The van der Waals surface area contributed by atoms with Gasteiger partial charge in [-0.15, -0.1) is 0 Å². The Morgan fingerprint density at radius 3 is 2.50 bits per heavy atom. The maximum absolute atomic E-state index is 12.4. The summed E-state index contributed by atoms with van der Waals surface area (Å²) in [5.41, 5.74) is 0.726. The minimum Gasteiger partial charge on any atom is -0.496 e. The Kier molecular flexibility index (Phi) is 5.08. The van der Waals surface area contributed by atoms with Crippen LogP contribution in [0.1, 0.15) is 25.3 Å². The number of rotatable bonds is 5. The summed E-state index contributed by atoms with van der Waals surface area (Å²) in [4.78, 5) is 14.0. The van der Waals surface area contributed by atoms with E-state index in [4.69, 9.17) is 4.74 Å². The first-order valence-electron chi connectivity index (χ1n) is 7.31. The van der Waals surface area contributed by atoms with Crippen LogP contribution in [0.15, 0.2) is 23.1 Å². The van der Waals surface area contributed by atoms with Gasteiger partial charge in [0, 0.05) is 13.1 Å². The predicted molar refractivity (Wildman–Crippen MR) is 83.3 cm³/mol. The van der Waals surface area contributed by atoms with Crippen LogP contribution in [0, 0.1) is 6.92 Å². The molecule has 1 aromatic rings. The molecule has 122 valence electrons. The van der Waals surface area contributed by atoms with Crippen molar-refractivity contribution in [1.29, 1.82) is 0 Å². The molecule has 1 amide bonds. The standard InChI is InChI=1S/C15H22N2O4S/c1-11-10-13(6-7-14(11)21-3)22(19,20)16-12(2)15(18)17-8-4-5-9-17/h6-7,10,12,16H,4-5,8-9H2,1-3H3/t12-/m0/s1. The predicted octanol–water partition coefficient (Wildman–Crippen LogP) is 1.29. The molecular weight excluding hydrogens is 304 g/mol. The number of methoxy groups -OCH3 is 1. The summed E-state index contributed by atoms with van der Waals surface area (Å²) >= 11 is 0. The molecule has 1 heterocycles. The monoisotopic (exact) mass is 326 g/mol. The number of sulfonamides is 1. The van der Waals surface area contributed by atoms with Crippen molar-refractivity contribution in [2.45, 2.75) is 37.6 Å². The van der Waals surface area contributed by atoms with Crippen LogP contribution in [0.5, 0.6) is 5.75 Å². The first-order valence-corrected chi connectivity index (χ1v) is 8.79. The van der Waals surface area contributed by atoms with Gasteiger partial charge in [0.1, 0.15) is 5.75 Å². The average Bonchev–Trinajstić information content (AvgIpc) is 3.00. The summed E-state index contributed by atoms with van der Waals surface area (Å²) in [6.45, 7) is 4.75. The summed E-state index contributed by atoms with van der Waals surface area (Å²) in [5, 5.41) is 0. The number of ether oxygens (including phenoxy) is 1. The second-order valence-electron chi connectivity index (χ2n) is 5.51. The summed E-state index contributed by atoms with van der Waals surface area (Å²) in [7, 11) is -2.20. The van der Waals surface area contributed by atoms with E-state index in [-0.39, 0.29) is 10.8 Å². The molecule has 1 atom stereocenters. The zero-order chi connectivity index (χ0) is 16.3. The Morgan fingerprint density at radius 1 is 1.32 bits per heavy atom. The van der Waals surface area contributed by atoms with Crippen molar-refractivity contribution in [3.05, 3.63) is 23.8 Å². The van der Waals surface area contributed by atoms with Crippen molar-refractivity contribution < 1.29 is 17.9 Å². The average molecular weight is 326 g/mol. The third-order valence-corrected chi connectivity index (χ3v) is 5.34. The topological polar surface area (TPSA) is 75.7 Å². The fourth-order valence-corrected chi connectivity index (χ4v) is 3.86. The maximum Gasteiger partial charge on any atom is 0.241 e. The Balaban J connectivity index is 2.13. The van der Waals surface area contributed by atoms with Crippen LogP contribution >= 0.6 is 0 Å². The minimum atomic E-state index is -3.73. The molecule has 0 bridgehead atoms. The number of nitrogens with one attached hydrogen (secondary N) is 1. The van der Waals surface area contributed by atoms with Gasteiger partial charge in [-0.2, -0.15) is 4.72 Å². The lowest BCUT2D eigenvalue weighted by molar-refractivity contribution is -0.131. The number of amides is 1. The molecule has 0 aliphatic carbocycles. The van der Waals surface area contributed by atoms with Crippen LogP contribution in [0.2, 0.25) is 0 Å². The largest absolute Gasteiger partial charge is 0.496 e. The summed E-state index contributed by atoms with van der Waals surface area (Å²) in [5.74, 6) is 0.450. The van der Waals surface area contributed by atoms with E-state index in [1.54, 1.807) is 24.8 Å². The Labute approximate surface area is 131 Å². The summed E-state index contributed by atoms with van der Waals surface area (Å²) in [6.07, 6.45) is 1.95. The number of carbonyl (C=O) groups is 1. The third kappa shape index (κ3) is 3.59. The van der Waals surface area contributed by atoms with Crippen LogP contribution < -0.4 is 9.46 Å². The molecule has 2 rings (SSSR count). The van der Waals surface area contributed by atoms with Gasteiger partial charge in [0.2, 0.25) is 15.9 Å². The lowest BCUT2D eigenvalue weighted by Crippen LogP contribution is -2.45. The number of nitrogens with zero attached hydrogens (tertiary/aromatic N) is 1. The quantitative estimate of drug-likeness (QED) is 0.885. The first kappa shape index (κ1) is 16.8. The maximum atomic E-state index is 12.4. The first-order chi connectivity index (χ1) is 10.3. The molecule has 0 saturated carbocycles. The molecular formula is C15H22N2O4S. The lowest BCUT2D eigenvalue weighted by atomic mass is 10.2. The Morgan fingerprint density at radius 2 is 1.95 bits per heavy atom. The lowest BCUT2D eigenvalue weighted by Gasteiger charge is -2.21. The van der Waals surface area contributed by atoms with E-state index in [2.05, 4.69) is 4.72 Å². The normalized spacial score (nSPS) is 16.6. The van der Waals surface area contributed by atoms with Crippen molar-refractivity contribution >= 4 is 15.9 Å². The third-order valence-electron chi connectivity index (χ3n) is 3.80. The van der Waals surface area contributed by atoms with E-state index in [9.17, 15) is 13.2 Å². The second-order valence-corrected chi connectivity index (χ2v) is 7.22. The van der Waals surface area contributed by atoms with Crippen LogP contribution in [0.25, 0.3) is 0 Å². The molecule has 1 fully saturated rings. The highest BCUT2D eigenvalue weighted by Gasteiger charge is 2.27. The van der Waals surface area contributed by atoms with Gasteiger partial charge in [0.05, 0.1) is 18.0 Å². The van der Waals surface area contributed by atoms with E-state index in [0.717, 1.165) is 18.4 Å². The van der Waals surface area contributed by atoms with E-state index in [0.29, 0.717) is 18.8 Å². The van der Waals surface area contributed by atoms with Gasteiger partial charge in [-0.05, 0) is 50.5 Å². The molecule has 1 aliphatic heterocycles. The highest BCUT2D eigenvalue weighted by atomic mass is 32.2. The van der Waals surface area contributed by atoms with Crippen LogP contribution in [-0.2, 0) is 14.8 Å². The van der Waals surface area contributed by atoms with Gasteiger partial charge in [0.25, 0.3) is 0 Å². The van der Waals surface area contributed by atoms with Crippen molar-refractivity contribution in [1.82, 2.24) is 9.62 Å². The highest BCUT2D eigenvalue weighted by Crippen LogP contribution is 2.21. The zero-order valence-electron chi connectivity index (χ0n) is 13.1. The molecule has 1 saturated heterocycles. The number of likely N-dealkylation sites (tertiary alicyclic amines) is 1. The Bertz CT molecular complexity index is 652. The number of carbonyl (C=O) groups excluding carboxylic acids is 1. The number of hydrogen-bond donors (Lipinski definition) is 1. The molecule has 0 aromatic heterocycles. The molecule has 1 N–H and O–H groups in total. The molecule has 1 aliphatic rings. The smallest absolute Gasteiger partial charge is 0.241 e. The van der Waals surface area contributed by atoms with Crippen LogP contribution in [0.4, 0.5) is 0 Å². The van der Waals surface area contributed by atoms with E-state index in [1.165, 1.54) is 19.2 Å². The molecule has 0 radical (unpaired) electrons. The van der Waals surface area contributed by atoms with Gasteiger partial charge >= 0.3 is 0 Å². The van der Waals surface area contributed by atoms with Crippen molar-refractivity contribution in [2.75, 3.05) is 20.2 Å². The molecule has 1 aromatic carbocycles. The number of hydrogen-bond acceptors (Lipinski definition) is 4. The van der Waals surface area contributed by atoms with Gasteiger partial charge in [-0.1, -0.05) is 0 Å². The van der Waals surface area contributed by atoms with E-state index in [1.807, 2.05) is 0 Å². The van der Waals surface area contributed by atoms with Crippen LogP contribution in [0.3, 0.4) is 0 Å². The second kappa shape index (κ2) is 6.66. The fraction of sp³-hybridized carbons (Fsp3) is 0.533. The van der Waals surface area contributed by atoms with Crippen molar-refractivity contribution in [2.24, 2.45) is 0 Å². The summed E-state index contributed by atoms with van der Waals surface area (Å²) < 4.78 is 32.4. The summed E-state index contributed by atoms with van der Waals surface area (Å²) in [6, 6.07) is 3.84. The Hall–Kier alpha value is -1.60. The molecule has 6 nitrogen and oxygen atoms in total. The highest BCUT2D eigenvalue weighted by molar-refractivity contribution is 7.89. The van der Waals surface area contributed by atoms with Gasteiger partial charge < -0.3 is 9.64 Å². The van der Waals surface area contributed by atoms with Crippen molar-refractivity contribution in [3.8, 4) is 5.75 Å². The number of aryl methyl sites for hydroxylation is 1. The van der Waals surface area contributed by atoms with Gasteiger partial charge in [-0.3, -0.25) is 4.79 Å². The van der Waals surface area contributed by atoms with E-state index < -0.39 is 16.1 Å². The van der Waals surface area contributed by atoms with Crippen LogP contribution in [-0.4, -0.2) is 45.5 Å². The molecule has 0 spiro atoms. The van der Waals surface area contributed by atoms with Gasteiger partial charge in [0.15, 0.2) is 0 Å². The minimum absolute atomic E-state index is 0.131. The number of benzene rings is 1. The molecule has 7 heteroatoms. The van der Waals surface area contributed by atoms with Crippen molar-refractivity contribution in [3.63, 3.8) is 0 Å².